The Hall–Kier alpha value is -0.580. The maximum atomic E-state index is 5.63. The van der Waals surface area contributed by atoms with Crippen LogP contribution >= 0.6 is 0 Å². The Labute approximate surface area is 91.8 Å². The molecule has 4 nitrogen and oxygen atoms in total. The van der Waals surface area contributed by atoms with Gasteiger partial charge in [-0.2, -0.15) is 0 Å². The number of hydrogen-bond acceptors (Lipinski definition) is 4. The summed E-state index contributed by atoms with van der Waals surface area (Å²) in [6.07, 6.45) is 5.27. The Morgan fingerprint density at radius 3 is 2.87 bits per heavy atom. The van der Waals surface area contributed by atoms with Gasteiger partial charge in [-0.3, -0.25) is 5.84 Å². The molecule has 15 heavy (non-hydrogen) atoms. The number of nitrogens with two attached hydrogens (primary N) is 1. The molecule has 1 aliphatic heterocycles. The van der Waals surface area contributed by atoms with Gasteiger partial charge in [0.1, 0.15) is 11.8 Å². The van der Waals surface area contributed by atoms with Gasteiger partial charge in [0.2, 0.25) is 0 Å². The lowest BCUT2D eigenvalue weighted by Crippen LogP contribution is -2.47. The van der Waals surface area contributed by atoms with E-state index in [1.54, 1.807) is 0 Å². The smallest absolute Gasteiger partial charge is 0.113 e. The summed E-state index contributed by atoms with van der Waals surface area (Å²) in [5.74, 6) is 6.49. The first-order chi connectivity index (χ1) is 7.33. The van der Waals surface area contributed by atoms with E-state index in [1.165, 1.54) is 0 Å². The van der Waals surface area contributed by atoms with E-state index in [4.69, 9.17) is 15.3 Å². The van der Waals surface area contributed by atoms with Crippen molar-refractivity contribution in [3.63, 3.8) is 0 Å². The Bertz CT molecular complexity index is 207. The van der Waals surface area contributed by atoms with Gasteiger partial charge >= 0.3 is 0 Å². The van der Waals surface area contributed by atoms with E-state index in [9.17, 15) is 0 Å². The zero-order chi connectivity index (χ0) is 11.1. The molecule has 3 N–H and O–H groups in total. The Morgan fingerprint density at radius 2 is 2.40 bits per heavy atom. The molecule has 1 rings (SSSR count). The summed E-state index contributed by atoms with van der Waals surface area (Å²) in [6, 6.07) is -0.0183. The zero-order valence-electron chi connectivity index (χ0n) is 9.66. The molecular formula is C11H22N2O2. The second kappa shape index (κ2) is 6.82. The molecule has 0 aromatic heterocycles. The van der Waals surface area contributed by atoms with Crippen LogP contribution < -0.4 is 11.3 Å². The quantitative estimate of drug-likeness (QED) is 0.517. The lowest BCUT2D eigenvalue weighted by molar-refractivity contribution is 0.0207. The fourth-order valence-electron chi connectivity index (χ4n) is 1.83. The van der Waals surface area contributed by atoms with E-state index >= 15 is 0 Å². The molecule has 0 bridgehead atoms. The molecule has 0 spiro atoms. The molecule has 0 aromatic rings. The standard InChI is InChI=1S/C11H22N2O2/c1-3-9(14-4-2)11(13-12)10-7-5-6-8-15-10/h7,9,11,13H,3-6,8,12H2,1-2H3. The predicted octanol–water partition coefficient (Wildman–Crippen LogP) is 1.33. The minimum atomic E-state index is -0.0183. The van der Waals surface area contributed by atoms with Crippen LogP contribution in [0.15, 0.2) is 11.8 Å². The summed E-state index contributed by atoms with van der Waals surface area (Å²) < 4.78 is 11.2. The van der Waals surface area contributed by atoms with Gasteiger partial charge in [0.25, 0.3) is 0 Å². The van der Waals surface area contributed by atoms with Crippen molar-refractivity contribution in [1.82, 2.24) is 5.43 Å². The molecule has 2 atom stereocenters. The molecule has 0 amide bonds. The maximum Gasteiger partial charge on any atom is 0.113 e. The summed E-state index contributed by atoms with van der Waals surface area (Å²) >= 11 is 0. The first kappa shape index (κ1) is 12.5. The van der Waals surface area contributed by atoms with Crippen molar-refractivity contribution in [2.24, 2.45) is 5.84 Å². The van der Waals surface area contributed by atoms with E-state index in [-0.39, 0.29) is 12.1 Å². The lowest BCUT2D eigenvalue weighted by Gasteiger charge is -2.29. The number of hydrogen-bond donors (Lipinski definition) is 2. The maximum absolute atomic E-state index is 5.63. The highest BCUT2D eigenvalue weighted by Gasteiger charge is 2.25. The summed E-state index contributed by atoms with van der Waals surface area (Å²) in [5.41, 5.74) is 2.79. The van der Waals surface area contributed by atoms with E-state index in [1.807, 2.05) is 6.92 Å². The van der Waals surface area contributed by atoms with Crippen molar-refractivity contribution in [3.05, 3.63) is 11.8 Å². The van der Waals surface area contributed by atoms with Crippen LogP contribution in [0, 0.1) is 0 Å². The summed E-state index contributed by atoms with van der Waals surface area (Å²) in [7, 11) is 0. The van der Waals surface area contributed by atoms with Crippen LogP contribution in [0.3, 0.4) is 0 Å². The topological polar surface area (TPSA) is 56.5 Å². The van der Waals surface area contributed by atoms with Gasteiger partial charge in [-0.15, -0.1) is 0 Å². The van der Waals surface area contributed by atoms with E-state index < -0.39 is 0 Å². The Morgan fingerprint density at radius 1 is 1.60 bits per heavy atom. The number of hydrazine groups is 1. The largest absolute Gasteiger partial charge is 0.496 e. The van der Waals surface area contributed by atoms with Gasteiger partial charge in [0.15, 0.2) is 0 Å². The highest BCUT2D eigenvalue weighted by Crippen LogP contribution is 2.18. The molecule has 2 unspecified atom stereocenters. The molecule has 0 aromatic carbocycles. The average molecular weight is 214 g/mol. The molecule has 88 valence electrons. The second-order valence-corrected chi connectivity index (χ2v) is 3.64. The van der Waals surface area contributed by atoms with Crippen molar-refractivity contribution >= 4 is 0 Å². The monoisotopic (exact) mass is 214 g/mol. The minimum Gasteiger partial charge on any atom is -0.496 e. The van der Waals surface area contributed by atoms with Gasteiger partial charge in [0, 0.05) is 6.61 Å². The van der Waals surface area contributed by atoms with Gasteiger partial charge in [-0.25, -0.2) is 5.43 Å². The zero-order valence-corrected chi connectivity index (χ0v) is 9.66. The molecule has 4 heteroatoms. The number of allylic oxidation sites excluding steroid dienone is 1. The fraction of sp³-hybridized carbons (Fsp3) is 0.818. The van der Waals surface area contributed by atoms with Gasteiger partial charge in [-0.05, 0) is 32.3 Å². The molecule has 0 saturated carbocycles. The number of nitrogens with one attached hydrogen (secondary N) is 1. The van der Waals surface area contributed by atoms with Crippen molar-refractivity contribution in [2.75, 3.05) is 13.2 Å². The third-order valence-corrected chi connectivity index (χ3v) is 2.60. The Kier molecular flexibility index (Phi) is 5.68. The third kappa shape index (κ3) is 3.48. The molecule has 1 heterocycles. The van der Waals surface area contributed by atoms with Crippen LogP contribution in [0.2, 0.25) is 0 Å². The van der Waals surface area contributed by atoms with Gasteiger partial charge in [0.05, 0.1) is 12.7 Å². The Balaban J connectivity index is 2.62. The number of ether oxygens (including phenoxy) is 2. The van der Waals surface area contributed by atoms with Gasteiger partial charge in [-0.1, -0.05) is 6.92 Å². The van der Waals surface area contributed by atoms with E-state index in [2.05, 4.69) is 18.4 Å². The first-order valence-electron chi connectivity index (χ1n) is 5.74. The van der Waals surface area contributed by atoms with Crippen LogP contribution in [0.1, 0.15) is 33.1 Å². The van der Waals surface area contributed by atoms with Crippen LogP contribution in [-0.4, -0.2) is 25.4 Å². The van der Waals surface area contributed by atoms with Crippen LogP contribution in [-0.2, 0) is 9.47 Å². The highest BCUT2D eigenvalue weighted by molar-refractivity contribution is 5.07. The van der Waals surface area contributed by atoms with Gasteiger partial charge < -0.3 is 9.47 Å². The molecule has 0 radical (unpaired) electrons. The molecule has 0 aliphatic carbocycles. The second-order valence-electron chi connectivity index (χ2n) is 3.64. The van der Waals surface area contributed by atoms with Crippen LogP contribution in [0.5, 0.6) is 0 Å². The normalized spacial score (nSPS) is 20.3. The molecular weight excluding hydrogens is 192 g/mol. The summed E-state index contributed by atoms with van der Waals surface area (Å²) in [6.45, 7) is 5.57. The highest BCUT2D eigenvalue weighted by atomic mass is 16.5. The first-order valence-corrected chi connectivity index (χ1v) is 5.74. The van der Waals surface area contributed by atoms with Crippen LogP contribution in [0.25, 0.3) is 0 Å². The predicted molar refractivity (Wildman–Crippen MR) is 60.1 cm³/mol. The summed E-state index contributed by atoms with van der Waals surface area (Å²) in [4.78, 5) is 0. The summed E-state index contributed by atoms with van der Waals surface area (Å²) in [5, 5.41) is 0. The van der Waals surface area contributed by atoms with Crippen molar-refractivity contribution in [3.8, 4) is 0 Å². The lowest BCUT2D eigenvalue weighted by atomic mass is 10.0. The number of rotatable bonds is 6. The third-order valence-electron chi connectivity index (χ3n) is 2.60. The SMILES string of the molecule is CCOC(CC)C(NN)C1=CCCCO1. The van der Waals surface area contributed by atoms with Crippen molar-refractivity contribution < 1.29 is 9.47 Å². The molecule has 1 aliphatic rings. The minimum absolute atomic E-state index is 0.0183. The van der Waals surface area contributed by atoms with Crippen LogP contribution in [0.4, 0.5) is 0 Å². The van der Waals surface area contributed by atoms with E-state index in [0.717, 1.165) is 31.6 Å². The molecule has 0 fully saturated rings. The van der Waals surface area contributed by atoms with Crippen molar-refractivity contribution in [1.29, 1.82) is 0 Å². The van der Waals surface area contributed by atoms with Crippen molar-refractivity contribution in [2.45, 2.75) is 45.3 Å². The van der Waals surface area contributed by atoms with E-state index in [0.29, 0.717) is 6.61 Å². The average Bonchev–Trinajstić information content (AvgIpc) is 2.30. The fourth-order valence-corrected chi connectivity index (χ4v) is 1.83. The molecule has 0 saturated heterocycles.